The van der Waals surface area contributed by atoms with Crippen molar-refractivity contribution in [3.8, 4) is 6.07 Å². The van der Waals surface area contributed by atoms with Crippen molar-refractivity contribution in [3.63, 3.8) is 0 Å². The number of hydrogen-bond donors (Lipinski definition) is 3. The highest BCUT2D eigenvalue weighted by molar-refractivity contribution is 6.39. The van der Waals surface area contributed by atoms with E-state index in [9.17, 15) is 19.6 Å². The molecule has 0 bridgehead atoms. The number of benzene rings is 1. The molecule has 3 N–H and O–H groups in total. The van der Waals surface area contributed by atoms with Gasteiger partial charge in [0.2, 0.25) is 0 Å². The third-order valence-electron chi connectivity index (χ3n) is 4.45. The van der Waals surface area contributed by atoms with Crippen molar-refractivity contribution in [2.24, 2.45) is 0 Å². The minimum Gasteiger partial charge on any atom is -0.460 e. The molecule has 2 heterocycles. The van der Waals surface area contributed by atoms with E-state index in [1.807, 2.05) is 25.1 Å². The molecular formula is C24H21N5O4. The Balaban J connectivity index is 1.52. The van der Waals surface area contributed by atoms with E-state index in [0.717, 1.165) is 11.1 Å². The number of nitrogens with zero attached hydrogens (tertiary/aromatic N) is 2. The first-order valence-electron chi connectivity index (χ1n) is 9.98. The summed E-state index contributed by atoms with van der Waals surface area (Å²) in [6.45, 7) is 2.11. The van der Waals surface area contributed by atoms with Gasteiger partial charge in [-0.25, -0.2) is 0 Å². The van der Waals surface area contributed by atoms with Crippen molar-refractivity contribution in [2.75, 3.05) is 5.32 Å². The van der Waals surface area contributed by atoms with E-state index in [1.165, 1.54) is 6.08 Å². The zero-order chi connectivity index (χ0) is 23.6. The summed E-state index contributed by atoms with van der Waals surface area (Å²) in [4.78, 5) is 40.2. The van der Waals surface area contributed by atoms with E-state index in [1.54, 1.807) is 48.8 Å². The summed E-state index contributed by atoms with van der Waals surface area (Å²) in [6, 6.07) is 15.6. The maximum Gasteiger partial charge on any atom is 0.313 e. The maximum atomic E-state index is 12.3. The third-order valence-corrected chi connectivity index (χ3v) is 4.45. The first kappa shape index (κ1) is 23.0. The topological polar surface area (TPSA) is 137 Å². The molecule has 9 heteroatoms. The molecule has 0 saturated carbocycles. The molecule has 0 spiro atoms. The number of anilines is 1. The van der Waals surface area contributed by atoms with Crippen LogP contribution in [0, 0.1) is 18.3 Å². The average Bonchev–Trinajstić information content (AvgIpc) is 3.29. The first-order chi connectivity index (χ1) is 15.9. The Hall–Kier alpha value is -4.71. The predicted molar refractivity (Wildman–Crippen MR) is 120 cm³/mol. The van der Waals surface area contributed by atoms with Gasteiger partial charge in [0, 0.05) is 30.7 Å². The molecule has 0 saturated heterocycles. The van der Waals surface area contributed by atoms with E-state index >= 15 is 0 Å². The van der Waals surface area contributed by atoms with Crippen LogP contribution in [-0.4, -0.2) is 22.7 Å². The van der Waals surface area contributed by atoms with Crippen molar-refractivity contribution >= 4 is 29.5 Å². The van der Waals surface area contributed by atoms with Gasteiger partial charge in [-0.15, -0.1) is 0 Å². The van der Waals surface area contributed by atoms with E-state index in [-0.39, 0.29) is 24.4 Å². The van der Waals surface area contributed by atoms with Gasteiger partial charge < -0.3 is 20.4 Å². The lowest BCUT2D eigenvalue weighted by molar-refractivity contribution is -0.136. The Kier molecular flexibility index (Phi) is 7.70. The molecular weight excluding hydrogens is 422 g/mol. The number of nitriles is 1. The second kappa shape index (κ2) is 11.1. The Morgan fingerprint density at radius 1 is 1.00 bits per heavy atom. The van der Waals surface area contributed by atoms with Crippen molar-refractivity contribution < 1.29 is 18.8 Å². The van der Waals surface area contributed by atoms with E-state index in [4.69, 9.17) is 4.42 Å². The normalized spacial score (nSPS) is 10.7. The lowest BCUT2D eigenvalue weighted by atomic mass is 10.2. The summed E-state index contributed by atoms with van der Waals surface area (Å²) < 4.78 is 5.53. The molecule has 0 aliphatic rings. The highest BCUT2D eigenvalue weighted by atomic mass is 16.3. The molecule has 0 aliphatic heterocycles. The van der Waals surface area contributed by atoms with Crippen LogP contribution in [-0.2, 0) is 27.5 Å². The molecule has 0 atom stereocenters. The largest absolute Gasteiger partial charge is 0.460 e. The Morgan fingerprint density at radius 3 is 2.45 bits per heavy atom. The Labute approximate surface area is 190 Å². The fourth-order valence-corrected chi connectivity index (χ4v) is 2.71. The smallest absolute Gasteiger partial charge is 0.313 e. The molecule has 9 nitrogen and oxygen atoms in total. The molecule has 1 aromatic carbocycles. The molecule has 3 aromatic rings. The van der Waals surface area contributed by atoms with E-state index < -0.39 is 17.7 Å². The maximum absolute atomic E-state index is 12.3. The summed E-state index contributed by atoms with van der Waals surface area (Å²) in [5.41, 5.74) is 2.20. The van der Waals surface area contributed by atoms with Crippen LogP contribution in [0.5, 0.6) is 0 Å². The van der Waals surface area contributed by atoms with Gasteiger partial charge in [-0.3, -0.25) is 19.4 Å². The number of hydrogen-bond acceptors (Lipinski definition) is 6. The van der Waals surface area contributed by atoms with Crippen LogP contribution >= 0.6 is 0 Å². The molecule has 166 valence electrons. The number of amides is 3. The molecule has 3 rings (SSSR count). The van der Waals surface area contributed by atoms with Crippen LogP contribution in [0.25, 0.3) is 6.08 Å². The summed E-state index contributed by atoms with van der Waals surface area (Å²) >= 11 is 0. The van der Waals surface area contributed by atoms with Crippen molar-refractivity contribution in [1.29, 1.82) is 5.26 Å². The lowest BCUT2D eigenvalue weighted by Crippen LogP contribution is -2.34. The highest BCUT2D eigenvalue weighted by Gasteiger charge is 2.15. The molecule has 2 aromatic heterocycles. The number of aromatic nitrogens is 1. The van der Waals surface area contributed by atoms with E-state index in [2.05, 4.69) is 20.9 Å². The second-order valence-corrected chi connectivity index (χ2v) is 7.02. The standard InChI is InChI=1S/C24H21N5O4/c1-16-4-6-19(7-5-16)29-24(32)23(31)28-15-21-9-8-20(33-21)11-18(12-25)22(30)27-14-17-3-2-10-26-13-17/h2-11,13H,14-15H2,1H3,(H,27,30)(H,28,31)(H,29,32). The summed E-state index contributed by atoms with van der Waals surface area (Å²) in [7, 11) is 0. The predicted octanol–water partition coefficient (Wildman–Crippen LogP) is 2.46. The van der Waals surface area contributed by atoms with Gasteiger partial charge in [-0.1, -0.05) is 23.8 Å². The average molecular weight is 443 g/mol. The van der Waals surface area contributed by atoms with Crippen molar-refractivity contribution in [2.45, 2.75) is 20.0 Å². The molecule has 3 amide bonds. The van der Waals surface area contributed by atoms with Crippen LogP contribution in [0.1, 0.15) is 22.6 Å². The Morgan fingerprint density at radius 2 is 1.76 bits per heavy atom. The SMILES string of the molecule is Cc1ccc(NC(=O)C(=O)NCc2ccc(C=C(C#N)C(=O)NCc3cccnc3)o2)cc1. The second-order valence-electron chi connectivity index (χ2n) is 7.02. The molecule has 0 fully saturated rings. The van der Waals surface area contributed by atoms with Gasteiger partial charge in [0.05, 0.1) is 6.54 Å². The number of aryl methyl sites for hydroxylation is 1. The summed E-state index contributed by atoms with van der Waals surface area (Å²) in [6.07, 6.45) is 4.54. The number of rotatable bonds is 7. The third kappa shape index (κ3) is 6.90. The van der Waals surface area contributed by atoms with Gasteiger partial charge in [-0.05, 0) is 42.8 Å². The number of nitrogens with one attached hydrogen (secondary N) is 3. The number of carbonyl (C=O) groups excluding carboxylic acids is 3. The monoisotopic (exact) mass is 443 g/mol. The molecule has 33 heavy (non-hydrogen) atoms. The number of pyridine rings is 1. The molecule has 0 unspecified atom stereocenters. The quantitative estimate of drug-likeness (QED) is 0.291. The fraction of sp³-hybridized carbons (Fsp3) is 0.125. The number of carbonyl (C=O) groups is 3. The lowest BCUT2D eigenvalue weighted by Gasteiger charge is -2.06. The van der Waals surface area contributed by atoms with Gasteiger partial charge in [-0.2, -0.15) is 5.26 Å². The van der Waals surface area contributed by atoms with Gasteiger partial charge in [0.25, 0.3) is 5.91 Å². The Bertz CT molecular complexity index is 1210. The van der Waals surface area contributed by atoms with Crippen molar-refractivity contribution in [1.82, 2.24) is 15.6 Å². The minimum atomic E-state index is -0.823. The molecule has 0 aliphatic carbocycles. The molecule has 0 radical (unpaired) electrons. The fourth-order valence-electron chi connectivity index (χ4n) is 2.71. The van der Waals surface area contributed by atoms with E-state index in [0.29, 0.717) is 11.4 Å². The van der Waals surface area contributed by atoms with Gasteiger partial charge in [0.1, 0.15) is 23.2 Å². The number of furan rings is 1. The van der Waals surface area contributed by atoms with Crippen LogP contribution in [0.3, 0.4) is 0 Å². The van der Waals surface area contributed by atoms with Crippen molar-refractivity contribution in [3.05, 3.63) is 89.1 Å². The van der Waals surface area contributed by atoms with Gasteiger partial charge in [0.15, 0.2) is 0 Å². The van der Waals surface area contributed by atoms with Crippen LogP contribution in [0.15, 0.2) is 70.9 Å². The van der Waals surface area contributed by atoms with Crippen LogP contribution < -0.4 is 16.0 Å². The first-order valence-corrected chi connectivity index (χ1v) is 9.98. The van der Waals surface area contributed by atoms with Crippen LogP contribution in [0.4, 0.5) is 5.69 Å². The minimum absolute atomic E-state index is 0.0386. The summed E-state index contributed by atoms with van der Waals surface area (Å²) in [5, 5.41) is 16.9. The summed E-state index contributed by atoms with van der Waals surface area (Å²) in [5.74, 6) is -1.57. The zero-order valence-electron chi connectivity index (χ0n) is 17.8. The zero-order valence-corrected chi connectivity index (χ0v) is 17.8. The highest BCUT2D eigenvalue weighted by Crippen LogP contribution is 2.13. The van der Waals surface area contributed by atoms with Gasteiger partial charge >= 0.3 is 11.8 Å². The van der Waals surface area contributed by atoms with Crippen LogP contribution in [0.2, 0.25) is 0 Å².